The molecule has 1 saturated heterocycles. The van der Waals surface area contributed by atoms with E-state index in [1.54, 1.807) is 6.26 Å². The number of allylic oxidation sites excluding steroid dienone is 1. The molecule has 6 atom stereocenters. The van der Waals surface area contributed by atoms with Crippen LogP contribution in [-0.4, -0.2) is 29.2 Å². The summed E-state index contributed by atoms with van der Waals surface area (Å²) in [5.41, 5.74) is 1.80. The molecule has 2 fully saturated rings. The predicted octanol–water partition coefficient (Wildman–Crippen LogP) is 3.29. The maximum absolute atomic E-state index is 11.0. The Morgan fingerprint density at radius 3 is 2.92 bits per heavy atom. The van der Waals surface area contributed by atoms with Crippen LogP contribution < -0.4 is 0 Å². The first-order valence-corrected chi connectivity index (χ1v) is 9.18. The smallest absolute Gasteiger partial charge is 0.167 e. The second kappa shape index (κ2) is 5.72. The normalized spacial score (nSPS) is 44.8. The van der Waals surface area contributed by atoms with Gasteiger partial charge in [0, 0.05) is 0 Å². The van der Waals surface area contributed by atoms with Crippen LogP contribution in [0.15, 0.2) is 34.7 Å². The van der Waals surface area contributed by atoms with Gasteiger partial charge in [-0.2, -0.15) is 0 Å². The molecule has 132 valence electrons. The van der Waals surface area contributed by atoms with Gasteiger partial charge in [0.25, 0.3) is 0 Å². The van der Waals surface area contributed by atoms with Crippen molar-refractivity contribution in [3.8, 4) is 0 Å². The lowest BCUT2D eigenvalue weighted by molar-refractivity contribution is -0.220. The van der Waals surface area contributed by atoms with Gasteiger partial charge in [-0.1, -0.05) is 19.9 Å². The Morgan fingerprint density at radius 1 is 1.33 bits per heavy atom. The van der Waals surface area contributed by atoms with Gasteiger partial charge in [-0.3, -0.25) is 0 Å². The van der Waals surface area contributed by atoms with Gasteiger partial charge in [0.15, 0.2) is 6.29 Å². The predicted molar refractivity (Wildman–Crippen MR) is 90.1 cm³/mol. The van der Waals surface area contributed by atoms with Crippen molar-refractivity contribution in [1.82, 2.24) is 0 Å². The van der Waals surface area contributed by atoms with Gasteiger partial charge in [-0.05, 0) is 66.6 Å². The van der Waals surface area contributed by atoms with E-state index < -0.39 is 17.8 Å². The number of furan rings is 1. The molecule has 0 bridgehead atoms. The van der Waals surface area contributed by atoms with Crippen molar-refractivity contribution in [1.29, 1.82) is 0 Å². The Labute approximate surface area is 143 Å². The number of ether oxygens (including phenoxy) is 1. The monoisotopic (exact) mass is 332 g/mol. The van der Waals surface area contributed by atoms with E-state index in [9.17, 15) is 10.2 Å². The summed E-state index contributed by atoms with van der Waals surface area (Å²) in [4.78, 5) is 0. The molecule has 2 aliphatic carbocycles. The molecule has 0 radical (unpaired) electrons. The van der Waals surface area contributed by atoms with Gasteiger partial charge in [0.1, 0.15) is 0 Å². The van der Waals surface area contributed by atoms with Crippen LogP contribution in [0.4, 0.5) is 0 Å². The first kappa shape index (κ1) is 16.4. The topological polar surface area (TPSA) is 62.8 Å². The molecular formula is C20H28O4. The van der Waals surface area contributed by atoms with Crippen LogP contribution in [0.2, 0.25) is 0 Å². The highest BCUT2D eigenvalue weighted by Gasteiger charge is 2.65. The maximum atomic E-state index is 11.0. The molecular weight excluding hydrogens is 304 g/mol. The average Bonchev–Trinajstić information content (AvgIpc) is 3.20. The van der Waals surface area contributed by atoms with Crippen LogP contribution in [0.25, 0.3) is 0 Å². The van der Waals surface area contributed by atoms with Gasteiger partial charge >= 0.3 is 0 Å². The van der Waals surface area contributed by atoms with Gasteiger partial charge in [-0.25, -0.2) is 0 Å². The maximum Gasteiger partial charge on any atom is 0.167 e. The van der Waals surface area contributed by atoms with E-state index in [1.807, 2.05) is 12.3 Å². The van der Waals surface area contributed by atoms with Crippen LogP contribution in [0, 0.1) is 22.7 Å². The number of rotatable bonds is 3. The molecule has 2 N–H and O–H groups in total. The summed E-state index contributed by atoms with van der Waals surface area (Å²) in [7, 11) is 0. The number of aliphatic hydroxyl groups is 2. The van der Waals surface area contributed by atoms with Gasteiger partial charge < -0.3 is 19.4 Å². The van der Waals surface area contributed by atoms with Crippen LogP contribution in [-0.2, 0) is 11.2 Å². The second-order valence-electron chi connectivity index (χ2n) is 8.25. The first-order valence-electron chi connectivity index (χ1n) is 9.18. The molecule has 0 amide bonds. The molecule has 1 saturated carbocycles. The third-order valence-corrected chi connectivity index (χ3v) is 7.37. The molecule has 3 aliphatic rings. The molecule has 1 spiro atoms. The molecule has 1 aromatic heterocycles. The number of aliphatic hydroxyl groups excluding tert-OH is 2. The molecule has 24 heavy (non-hydrogen) atoms. The highest BCUT2D eigenvalue weighted by molar-refractivity contribution is 5.30. The summed E-state index contributed by atoms with van der Waals surface area (Å²) in [6.07, 6.45) is 9.07. The zero-order valence-electron chi connectivity index (χ0n) is 14.6. The molecule has 4 nitrogen and oxygen atoms in total. The molecule has 6 unspecified atom stereocenters. The molecule has 1 aromatic rings. The standard InChI is InChI=1S/C20H28O4/c1-13-10-17(21)20-15(12-24-18(20)22)4-3-5-16(20)19(13,2)8-6-14-7-9-23-11-14/h4,7,9,11,13,16-18,21-22H,3,5-6,8,10,12H2,1-2H3. The molecule has 4 rings (SSSR count). The van der Waals surface area contributed by atoms with Crippen molar-refractivity contribution < 1.29 is 19.4 Å². The Bertz CT molecular complexity index is 622. The molecule has 1 aliphatic heterocycles. The Kier molecular flexibility index (Phi) is 3.90. The van der Waals surface area contributed by atoms with Crippen LogP contribution in [0.5, 0.6) is 0 Å². The summed E-state index contributed by atoms with van der Waals surface area (Å²) in [5.74, 6) is 0.648. The van der Waals surface area contributed by atoms with E-state index in [1.165, 1.54) is 5.56 Å². The number of hydrogen-bond donors (Lipinski definition) is 2. The summed E-state index contributed by atoms with van der Waals surface area (Å²) >= 11 is 0. The number of hydrogen-bond acceptors (Lipinski definition) is 4. The van der Waals surface area contributed by atoms with E-state index in [4.69, 9.17) is 9.15 Å². The highest BCUT2D eigenvalue weighted by atomic mass is 16.6. The second-order valence-corrected chi connectivity index (χ2v) is 8.25. The SMILES string of the molecule is CC1CC(O)C23C(=CCCC2C1(C)CCc1ccoc1)COC3O. The third kappa shape index (κ3) is 2.09. The zero-order chi connectivity index (χ0) is 16.9. The van der Waals surface area contributed by atoms with Crippen LogP contribution in [0.1, 0.15) is 45.1 Å². The van der Waals surface area contributed by atoms with Crippen LogP contribution >= 0.6 is 0 Å². The average molecular weight is 332 g/mol. The van der Waals surface area contributed by atoms with Crippen molar-refractivity contribution in [2.75, 3.05) is 6.61 Å². The van der Waals surface area contributed by atoms with Crippen molar-refractivity contribution in [2.24, 2.45) is 22.7 Å². The summed E-state index contributed by atoms with van der Waals surface area (Å²) < 4.78 is 10.8. The fraction of sp³-hybridized carbons (Fsp3) is 0.700. The van der Waals surface area contributed by atoms with Gasteiger partial charge in [0.05, 0.1) is 30.7 Å². The van der Waals surface area contributed by atoms with Crippen LogP contribution in [0.3, 0.4) is 0 Å². The molecule has 0 aromatic carbocycles. The van der Waals surface area contributed by atoms with E-state index in [-0.39, 0.29) is 11.3 Å². The van der Waals surface area contributed by atoms with E-state index in [2.05, 4.69) is 19.9 Å². The van der Waals surface area contributed by atoms with Crippen molar-refractivity contribution >= 4 is 0 Å². The van der Waals surface area contributed by atoms with Crippen molar-refractivity contribution in [3.05, 3.63) is 35.8 Å². The third-order valence-electron chi connectivity index (χ3n) is 7.37. The summed E-state index contributed by atoms with van der Waals surface area (Å²) in [6.45, 7) is 5.07. The lowest BCUT2D eigenvalue weighted by atomic mass is 9.45. The minimum atomic E-state index is -0.884. The molecule has 4 heteroatoms. The fourth-order valence-electron chi connectivity index (χ4n) is 5.78. The van der Waals surface area contributed by atoms with Gasteiger partial charge in [0.2, 0.25) is 0 Å². The lowest BCUT2D eigenvalue weighted by Gasteiger charge is -2.60. The minimum Gasteiger partial charge on any atom is -0.472 e. The van der Waals surface area contributed by atoms with Gasteiger partial charge in [-0.15, -0.1) is 0 Å². The zero-order valence-corrected chi connectivity index (χ0v) is 14.6. The number of aryl methyl sites for hydroxylation is 1. The first-order chi connectivity index (χ1) is 11.5. The molecule has 2 heterocycles. The minimum absolute atomic E-state index is 0.0602. The van der Waals surface area contributed by atoms with E-state index >= 15 is 0 Å². The highest BCUT2D eigenvalue weighted by Crippen LogP contribution is 2.65. The lowest BCUT2D eigenvalue weighted by Crippen LogP contribution is -2.61. The quantitative estimate of drug-likeness (QED) is 0.834. The largest absolute Gasteiger partial charge is 0.472 e. The van der Waals surface area contributed by atoms with Crippen molar-refractivity contribution in [2.45, 2.75) is 58.3 Å². The van der Waals surface area contributed by atoms with E-state index in [0.717, 1.165) is 37.7 Å². The Morgan fingerprint density at radius 2 is 2.17 bits per heavy atom. The summed E-state index contributed by atoms with van der Waals surface area (Å²) in [5, 5.41) is 21.7. The summed E-state index contributed by atoms with van der Waals surface area (Å²) in [6, 6.07) is 2.03. The van der Waals surface area contributed by atoms with Crippen molar-refractivity contribution in [3.63, 3.8) is 0 Å². The fourth-order valence-corrected chi connectivity index (χ4v) is 5.78. The Balaban J connectivity index is 1.70. The van der Waals surface area contributed by atoms with E-state index in [0.29, 0.717) is 12.5 Å². The Hall–Kier alpha value is -1.10.